The van der Waals surface area contributed by atoms with E-state index in [0.717, 1.165) is 5.56 Å². The molecule has 1 amide bonds. The Morgan fingerprint density at radius 3 is 2.28 bits per heavy atom. The van der Waals surface area contributed by atoms with Gasteiger partial charge in [0.2, 0.25) is 5.82 Å². The van der Waals surface area contributed by atoms with E-state index < -0.39 is 29.9 Å². The highest BCUT2D eigenvalue weighted by Gasteiger charge is 2.34. The molecule has 1 unspecified atom stereocenters. The molecule has 6 nitrogen and oxygen atoms in total. The van der Waals surface area contributed by atoms with E-state index in [9.17, 15) is 27.9 Å². The molecule has 1 atom stereocenters. The second kappa shape index (κ2) is 6.88. The van der Waals surface area contributed by atoms with Gasteiger partial charge in [0.25, 0.3) is 5.91 Å². The lowest BCUT2D eigenvalue weighted by Crippen LogP contribution is -2.34. The fourth-order valence-electron chi connectivity index (χ4n) is 2.17. The second-order valence-corrected chi connectivity index (χ2v) is 5.33. The molecule has 0 aliphatic heterocycles. The number of amides is 1. The van der Waals surface area contributed by atoms with Crippen molar-refractivity contribution in [1.82, 2.24) is 15.3 Å². The summed E-state index contributed by atoms with van der Waals surface area (Å²) in [5, 5.41) is 11.7. The number of nitrogens with zero attached hydrogens (tertiary/aromatic N) is 2. The van der Waals surface area contributed by atoms with E-state index in [-0.39, 0.29) is 5.56 Å². The molecule has 1 aromatic carbocycles. The van der Waals surface area contributed by atoms with Crippen molar-refractivity contribution >= 4 is 11.9 Å². The topological polar surface area (TPSA) is 92.2 Å². The van der Waals surface area contributed by atoms with Crippen LogP contribution in [0.1, 0.15) is 38.9 Å². The van der Waals surface area contributed by atoms with Gasteiger partial charge in [0.05, 0.1) is 5.56 Å². The van der Waals surface area contributed by atoms with Gasteiger partial charge in [0, 0.05) is 12.4 Å². The van der Waals surface area contributed by atoms with Crippen molar-refractivity contribution in [1.29, 1.82) is 0 Å². The Kier molecular flexibility index (Phi) is 5.05. The first-order chi connectivity index (χ1) is 11.6. The van der Waals surface area contributed by atoms with E-state index in [1.807, 2.05) is 0 Å². The number of hydrogen-bond acceptors (Lipinski definition) is 4. The fourth-order valence-corrected chi connectivity index (χ4v) is 2.17. The fraction of sp³-hybridized carbons (Fsp3) is 0.250. The number of hydrogen-bond donors (Lipinski definition) is 2. The SMILES string of the molecule is Cc1cccc(C(NC(=O)c2cnc(C(F)(F)F)nc2)C(=O)O)c1C. The second-order valence-electron chi connectivity index (χ2n) is 5.33. The molecule has 132 valence electrons. The van der Waals surface area contributed by atoms with Crippen LogP contribution >= 0.6 is 0 Å². The predicted molar refractivity (Wildman–Crippen MR) is 80.8 cm³/mol. The number of carbonyl (C=O) groups is 2. The quantitative estimate of drug-likeness (QED) is 0.882. The van der Waals surface area contributed by atoms with Gasteiger partial charge in [-0.05, 0) is 30.5 Å². The third-order valence-electron chi connectivity index (χ3n) is 3.65. The maximum Gasteiger partial charge on any atom is 0.451 e. The molecule has 0 saturated carbocycles. The molecule has 25 heavy (non-hydrogen) atoms. The van der Waals surface area contributed by atoms with Gasteiger partial charge in [0.15, 0.2) is 6.04 Å². The van der Waals surface area contributed by atoms with Gasteiger partial charge in [0.1, 0.15) is 0 Å². The molecule has 0 fully saturated rings. The summed E-state index contributed by atoms with van der Waals surface area (Å²) in [5.41, 5.74) is 1.65. The normalized spacial score (nSPS) is 12.5. The highest BCUT2D eigenvalue weighted by Crippen LogP contribution is 2.25. The largest absolute Gasteiger partial charge is 0.479 e. The zero-order valence-corrected chi connectivity index (χ0v) is 13.3. The minimum atomic E-state index is -4.72. The van der Waals surface area contributed by atoms with Crippen LogP contribution in [0.4, 0.5) is 13.2 Å². The number of carboxylic acid groups (broad SMARTS) is 1. The number of carboxylic acids is 1. The first kappa shape index (κ1) is 18.4. The predicted octanol–water partition coefficient (Wildman–Crippen LogP) is 2.67. The number of aliphatic carboxylic acids is 1. The van der Waals surface area contributed by atoms with Crippen LogP contribution in [-0.4, -0.2) is 27.0 Å². The Bertz CT molecular complexity index is 805. The van der Waals surface area contributed by atoms with Crippen LogP contribution in [0, 0.1) is 13.8 Å². The summed E-state index contributed by atoms with van der Waals surface area (Å²) >= 11 is 0. The van der Waals surface area contributed by atoms with Crippen LogP contribution in [0.5, 0.6) is 0 Å². The van der Waals surface area contributed by atoms with Crippen molar-refractivity contribution in [2.24, 2.45) is 0 Å². The number of rotatable bonds is 4. The summed E-state index contributed by atoms with van der Waals surface area (Å²) in [5.74, 6) is -3.56. The molecule has 0 saturated heterocycles. The molecule has 0 aliphatic rings. The van der Waals surface area contributed by atoms with Gasteiger partial charge in [-0.15, -0.1) is 0 Å². The lowest BCUT2D eigenvalue weighted by atomic mass is 9.97. The molecule has 9 heteroatoms. The van der Waals surface area contributed by atoms with E-state index in [1.54, 1.807) is 32.0 Å². The molecule has 0 spiro atoms. The number of carbonyl (C=O) groups excluding carboxylic acids is 1. The van der Waals surface area contributed by atoms with Gasteiger partial charge in [-0.1, -0.05) is 18.2 Å². The Hall–Kier alpha value is -2.97. The average molecular weight is 353 g/mol. The molecule has 0 bridgehead atoms. The van der Waals surface area contributed by atoms with Crippen LogP contribution in [-0.2, 0) is 11.0 Å². The number of alkyl halides is 3. The molecule has 1 heterocycles. The molecule has 1 aromatic heterocycles. The molecule has 0 aliphatic carbocycles. The third kappa shape index (κ3) is 4.11. The Labute approximate surface area is 140 Å². The standard InChI is InChI=1S/C16H14F3N3O3/c1-8-4-3-5-11(9(8)2)12(14(24)25)22-13(23)10-6-20-15(21-7-10)16(17,18)19/h3-7,12H,1-2H3,(H,22,23)(H,24,25). The number of aromatic nitrogens is 2. The number of aryl methyl sites for hydroxylation is 1. The maximum absolute atomic E-state index is 12.4. The van der Waals surface area contributed by atoms with Crippen LogP contribution in [0.15, 0.2) is 30.6 Å². The summed E-state index contributed by atoms with van der Waals surface area (Å²) in [6.07, 6.45) is -3.32. The van der Waals surface area contributed by atoms with Crippen molar-refractivity contribution in [3.05, 3.63) is 58.7 Å². The van der Waals surface area contributed by atoms with Crippen molar-refractivity contribution in [2.75, 3.05) is 0 Å². The maximum atomic E-state index is 12.4. The minimum Gasteiger partial charge on any atom is -0.479 e. The molecular formula is C16H14F3N3O3. The van der Waals surface area contributed by atoms with Gasteiger partial charge in [-0.25, -0.2) is 14.8 Å². The molecule has 0 radical (unpaired) electrons. The summed E-state index contributed by atoms with van der Waals surface area (Å²) < 4.78 is 37.3. The third-order valence-corrected chi connectivity index (χ3v) is 3.65. The first-order valence-corrected chi connectivity index (χ1v) is 7.10. The number of nitrogens with one attached hydrogen (secondary N) is 1. The number of halogens is 3. The van der Waals surface area contributed by atoms with Crippen LogP contribution in [0.25, 0.3) is 0 Å². The summed E-state index contributed by atoms with van der Waals surface area (Å²) in [6.45, 7) is 3.51. The van der Waals surface area contributed by atoms with Crippen molar-refractivity contribution in [3.63, 3.8) is 0 Å². The number of benzene rings is 1. The Morgan fingerprint density at radius 1 is 1.16 bits per heavy atom. The summed E-state index contributed by atoms with van der Waals surface area (Å²) in [7, 11) is 0. The van der Waals surface area contributed by atoms with E-state index in [0.29, 0.717) is 23.5 Å². The average Bonchev–Trinajstić information content (AvgIpc) is 2.54. The van der Waals surface area contributed by atoms with Crippen molar-refractivity contribution in [3.8, 4) is 0 Å². The van der Waals surface area contributed by atoms with E-state index >= 15 is 0 Å². The lowest BCUT2D eigenvalue weighted by Gasteiger charge is -2.18. The Balaban J connectivity index is 2.27. The molecular weight excluding hydrogens is 339 g/mol. The highest BCUT2D eigenvalue weighted by atomic mass is 19.4. The molecule has 2 N–H and O–H groups in total. The van der Waals surface area contributed by atoms with Gasteiger partial charge in [-0.2, -0.15) is 13.2 Å². The van der Waals surface area contributed by atoms with Crippen molar-refractivity contribution < 1.29 is 27.9 Å². The van der Waals surface area contributed by atoms with Gasteiger partial charge >= 0.3 is 12.1 Å². The summed E-state index contributed by atoms with van der Waals surface area (Å²) in [6, 6.07) is 3.66. The van der Waals surface area contributed by atoms with Gasteiger partial charge in [-0.3, -0.25) is 4.79 Å². The zero-order valence-electron chi connectivity index (χ0n) is 13.3. The van der Waals surface area contributed by atoms with Crippen molar-refractivity contribution in [2.45, 2.75) is 26.1 Å². The van der Waals surface area contributed by atoms with Crippen LogP contribution in [0.3, 0.4) is 0 Å². The summed E-state index contributed by atoms with van der Waals surface area (Å²) in [4.78, 5) is 29.8. The van der Waals surface area contributed by atoms with E-state index in [4.69, 9.17) is 0 Å². The minimum absolute atomic E-state index is 0.274. The van der Waals surface area contributed by atoms with E-state index in [1.165, 1.54) is 0 Å². The molecule has 2 aromatic rings. The smallest absolute Gasteiger partial charge is 0.451 e. The zero-order chi connectivity index (χ0) is 18.8. The van der Waals surface area contributed by atoms with Crippen LogP contribution in [0.2, 0.25) is 0 Å². The van der Waals surface area contributed by atoms with Gasteiger partial charge < -0.3 is 10.4 Å². The van der Waals surface area contributed by atoms with Crippen LogP contribution < -0.4 is 5.32 Å². The van der Waals surface area contributed by atoms with E-state index in [2.05, 4.69) is 15.3 Å². The highest BCUT2D eigenvalue weighted by molar-refractivity contribution is 5.96. The Morgan fingerprint density at radius 2 is 1.76 bits per heavy atom. The first-order valence-electron chi connectivity index (χ1n) is 7.10. The molecule has 2 rings (SSSR count). The monoisotopic (exact) mass is 353 g/mol. The lowest BCUT2D eigenvalue weighted by molar-refractivity contribution is -0.145.